The van der Waals surface area contributed by atoms with Crippen LogP contribution in [0.25, 0.3) is 0 Å². The van der Waals surface area contributed by atoms with Crippen molar-refractivity contribution in [3.63, 3.8) is 0 Å². The summed E-state index contributed by atoms with van der Waals surface area (Å²) in [5, 5.41) is 22.7. The van der Waals surface area contributed by atoms with E-state index in [0.717, 1.165) is 59.5 Å². The van der Waals surface area contributed by atoms with E-state index in [1.54, 1.807) is 0 Å². The molecule has 0 aromatic heterocycles. The highest BCUT2D eigenvalue weighted by Crippen LogP contribution is 2.68. The molecule has 0 spiro atoms. The summed E-state index contributed by atoms with van der Waals surface area (Å²) < 4.78 is 25.7. The summed E-state index contributed by atoms with van der Waals surface area (Å²) in [5.41, 5.74) is 2.92. The maximum Gasteiger partial charge on any atom is 0.187 e. The van der Waals surface area contributed by atoms with Gasteiger partial charge in [-0.25, -0.2) is 0 Å². The van der Waals surface area contributed by atoms with Crippen molar-refractivity contribution < 1.29 is 29.2 Å². The van der Waals surface area contributed by atoms with Crippen LogP contribution in [0.1, 0.15) is 123 Å². The van der Waals surface area contributed by atoms with E-state index in [-0.39, 0.29) is 12.7 Å². The number of hydrogen-bond acceptors (Lipinski definition) is 6. The Hall–Kier alpha value is -1.80. The van der Waals surface area contributed by atoms with E-state index in [1.807, 2.05) is 60.7 Å². The van der Waals surface area contributed by atoms with Crippen LogP contribution in [0.4, 0.5) is 0 Å². The molecule has 6 nitrogen and oxygen atoms in total. The second-order valence-corrected chi connectivity index (χ2v) is 19.0. The van der Waals surface area contributed by atoms with E-state index in [2.05, 4.69) is 34.6 Å². The van der Waals surface area contributed by atoms with E-state index in [4.69, 9.17) is 18.9 Å². The van der Waals surface area contributed by atoms with Crippen LogP contribution in [0.15, 0.2) is 60.7 Å². The average Bonchev–Trinajstić information content (AvgIpc) is 3.51. The quantitative estimate of drug-likeness (QED) is 0.189. The van der Waals surface area contributed by atoms with Gasteiger partial charge in [0.2, 0.25) is 0 Å². The van der Waals surface area contributed by atoms with Gasteiger partial charge < -0.3 is 29.2 Å². The van der Waals surface area contributed by atoms with Crippen LogP contribution in [0.5, 0.6) is 0 Å². The minimum absolute atomic E-state index is 0.0298. The van der Waals surface area contributed by atoms with Crippen LogP contribution in [0, 0.1) is 52.3 Å². The first kappa shape index (κ1) is 39.4. The van der Waals surface area contributed by atoms with Crippen molar-refractivity contribution in [2.75, 3.05) is 6.61 Å². The smallest absolute Gasteiger partial charge is 0.187 e. The molecular weight excluding hydrogens is 661 g/mol. The van der Waals surface area contributed by atoms with Crippen LogP contribution >= 0.6 is 0 Å². The molecule has 2 aromatic rings. The van der Waals surface area contributed by atoms with Gasteiger partial charge in [0.1, 0.15) is 24.4 Å². The predicted molar refractivity (Wildman–Crippen MR) is 210 cm³/mol. The molecule has 5 fully saturated rings. The monoisotopic (exact) mass is 731 g/mol. The van der Waals surface area contributed by atoms with Gasteiger partial charge in [0, 0.05) is 0 Å². The van der Waals surface area contributed by atoms with E-state index >= 15 is 0 Å². The average molecular weight is 731 g/mol. The summed E-state index contributed by atoms with van der Waals surface area (Å²) in [5.74, 6) is 5.75. The number of fused-ring (bicyclic) bond motifs is 5. The molecule has 0 radical (unpaired) electrons. The van der Waals surface area contributed by atoms with Gasteiger partial charge in [-0.05, 0) is 121 Å². The minimum Gasteiger partial charge on any atom is -0.387 e. The molecule has 2 aromatic carbocycles. The fraction of sp³-hybridized carbons (Fsp3) is 0.745. The van der Waals surface area contributed by atoms with Crippen molar-refractivity contribution in [3.8, 4) is 0 Å². The van der Waals surface area contributed by atoms with E-state index < -0.39 is 30.7 Å². The molecule has 53 heavy (non-hydrogen) atoms. The molecule has 1 saturated heterocycles. The second-order valence-electron chi connectivity index (χ2n) is 19.0. The Bertz CT molecular complexity index is 1420. The molecule has 1 aliphatic heterocycles. The topological polar surface area (TPSA) is 77.4 Å². The lowest BCUT2D eigenvalue weighted by Crippen LogP contribution is -2.61. The number of benzene rings is 2. The van der Waals surface area contributed by atoms with E-state index in [0.29, 0.717) is 30.0 Å². The van der Waals surface area contributed by atoms with Gasteiger partial charge in [-0.1, -0.05) is 115 Å². The Morgan fingerprint density at radius 1 is 0.755 bits per heavy atom. The van der Waals surface area contributed by atoms with Gasteiger partial charge >= 0.3 is 0 Å². The van der Waals surface area contributed by atoms with E-state index in [9.17, 15) is 10.2 Å². The summed E-state index contributed by atoms with van der Waals surface area (Å²) >= 11 is 0. The van der Waals surface area contributed by atoms with Gasteiger partial charge in [-0.15, -0.1) is 0 Å². The highest BCUT2D eigenvalue weighted by atomic mass is 16.7. The lowest BCUT2D eigenvalue weighted by Gasteiger charge is -2.61. The third-order valence-corrected chi connectivity index (χ3v) is 15.5. The normalized spacial score (nSPS) is 40.3. The van der Waals surface area contributed by atoms with Crippen molar-refractivity contribution in [1.29, 1.82) is 0 Å². The molecule has 4 saturated carbocycles. The fourth-order valence-electron chi connectivity index (χ4n) is 12.5. The zero-order valence-electron chi connectivity index (χ0n) is 33.4. The van der Waals surface area contributed by atoms with Gasteiger partial charge in [-0.2, -0.15) is 0 Å². The van der Waals surface area contributed by atoms with Crippen LogP contribution in [-0.4, -0.2) is 53.6 Å². The Kier molecular flexibility index (Phi) is 12.8. The van der Waals surface area contributed by atoms with Gasteiger partial charge in [0.25, 0.3) is 0 Å². The number of aliphatic hydroxyl groups is 2. The van der Waals surface area contributed by atoms with Crippen molar-refractivity contribution in [2.24, 2.45) is 52.3 Å². The predicted octanol–water partition coefficient (Wildman–Crippen LogP) is 9.74. The third kappa shape index (κ3) is 8.49. The fourth-order valence-corrected chi connectivity index (χ4v) is 12.5. The summed E-state index contributed by atoms with van der Waals surface area (Å²) in [7, 11) is 0. The standard InChI is InChI=1S/C47H70O6/c1-31(2)13-12-14-32(3)38-21-22-39-37-20-19-35-27-36(23-25-46(35,4)40(37)24-26-47(38,39)5)52-45-44(51-29-34-17-10-7-11-18-34)43(49)42(48)41(53-45)30-50-28-33-15-8-6-9-16-33/h6-11,15-18,31-32,35-45,48-49H,12-14,19-30H2,1-5H3/t32-,35+,36+,37+,38-,39+,40+,41-,42-,43+,44-,45-,46+,47-/m1/s1. The third-order valence-electron chi connectivity index (χ3n) is 15.5. The molecule has 0 bridgehead atoms. The minimum atomic E-state index is -1.16. The number of aliphatic hydroxyl groups excluding tert-OH is 2. The van der Waals surface area contributed by atoms with Gasteiger partial charge in [0.15, 0.2) is 6.29 Å². The van der Waals surface area contributed by atoms with Crippen molar-refractivity contribution in [2.45, 2.75) is 162 Å². The Labute approximate surface area is 320 Å². The highest BCUT2D eigenvalue weighted by Gasteiger charge is 2.61. The van der Waals surface area contributed by atoms with Crippen molar-refractivity contribution >= 4 is 0 Å². The first-order valence-corrected chi connectivity index (χ1v) is 21.5. The maximum absolute atomic E-state index is 11.5. The molecule has 6 heteroatoms. The summed E-state index contributed by atoms with van der Waals surface area (Å²) in [6.45, 7) is 13.5. The second kappa shape index (κ2) is 17.1. The van der Waals surface area contributed by atoms with Gasteiger partial charge in [0.05, 0.1) is 25.9 Å². The van der Waals surface area contributed by atoms with Crippen molar-refractivity contribution in [3.05, 3.63) is 71.8 Å². The van der Waals surface area contributed by atoms with Crippen molar-refractivity contribution in [1.82, 2.24) is 0 Å². The summed E-state index contributed by atoms with van der Waals surface area (Å²) in [4.78, 5) is 0. The molecule has 7 rings (SSSR count). The molecule has 4 aliphatic carbocycles. The maximum atomic E-state index is 11.5. The number of ether oxygens (including phenoxy) is 4. The molecule has 1 heterocycles. The van der Waals surface area contributed by atoms with E-state index in [1.165, 1.54) is 64.2 Å². The van der Waals surface area contributed by atoms with Crippen LogP contribution in [-0.2, 0) is 32.2 Å². The van der Waals surface area contributed by atoms with Crippen LogP contribution < -0.4 is 0 Å². The Morgan fingerprint density at radius 3 is 2.15 bits per heavy atom. The lowest BCUT2D eigenvalue weighted by atomic mass is 9.44. The first-order valence-electron chi connectivity index (χ1n) is 21.5. The lowest BCUT2D eigenvalue weighted by molar-refractivity contribution is -0.327. The zero-order chi connectivity index (χ0) is 37.2. The zero-order valence-corrected chi connectivity index (χ0v) is 33.4. The highest BCUT2D eigenvalue weighted by molar-refractivity contribution is 5.15. The first-order chi connectivity index (χ1) is 25.6. The molecule has 0 unspecified atom stereocenters. The molecule has 2 N–H and O–H groups in total. The molecular formula is C47H70O6. The summed E-state index contributed by atoms with van der Waals surface area (Å²) in [6.07, 6.45) is 11.1. The molecule has 5 aliphatic rings. The largest absolute Gasteiger partial charge is 0.387 e. The molecule has 14 atom stereocenters. The van der Waals surface area contributed by atoms with Crippen LogP contribution in [0.2, 0.25) is 0 Å². The SMILES string of the molecule is CC(C)CCC[C@@H](C)[C@H]1CC[C@H]2[C@@H]3CC[C@H]4C[C@@H](O[C@@H]5O[C@H](COCc6ccccc6)[C@@H](O)[C@H](O)[C@H]5OCc5ccccc5)CC[C@]4(C)[C@H]3CC[C@]12C. The number of hydrogen-bond donors (Lipinski definition) is 2. The molecule has 294 valence electrons. The molecule has 0 amide bonds. The Morgan fingerprint density at radius 2 is 1.43 bits per heavy atom. The number of rotatable bonds is 14. The van der Waals surface area contributed by atoms with Crippen LogP contribution in [0.3, 0.4) is 0 Å². The summed E-state index contributed by atoms with van der Waals surface area (Å²) in [6, 6.07) is 20.0. The van der Waals surface area contributed by atoms with Gasteiger partial charge in [-0.3, -0.25) is 0 Å². The Balaban J connectivity index is 0.995.